The maximum absolute atomic E-state index is 11.1. The quantitative estimate of drug-likeness (QED) is 0.578. The number of aromatic nitrogens is 3. The summed E-state index contributed by atoms with van der Waals surface area (Å²) >= 11 is 0. The van der Waals surface area contributed by atoms with E-state index in [0.717, 1.165) is 11.5 Å². The lowest BCUT2D eigenvalue weighted by Gasteiger charge is -2.22. The predicted molar refractivity (Wildman–Crippen MR) is 90.9 cm³/mol. The fraction of sp³-hybridized carbons (Fsp3) is 0.176. The molecule has 1 atom stereocenters. The molecule has 4 rings (SSSR count). The third-order valence-corrected chi connectivity index (χ3v) is 4.03. The van der Waals surface area contributed by atoms with Gasteiger partial charge in [0.15, 0.2) is 5.82 Å². The van der Waals surface area contributed by atoms with Crippen molar-refractivity contribution >= 4 is 17.3 Å². The molecule has 3 heterocycles. The molecule has 0 spiro atoms. The zero-order chi connectivity index (χ0) is 17.4. The molecule has 126 valence electrons. The SMILES string of the molecule is CCc1nc2n(n1)C(c1ccco1)C=C(c1cccc([N+](=O)[O-])c1)N2. The molecule has 0 bridgehead atoms. The Morgan fingerprint density at radius 3 is 2.96 bits per heavy atom. The van der Waals surface area contributed by atoms with E-state index in [1.165, 1.54) is 12.1 Å². The number of nitro groups is 1. The van der Waals surface area contributed by atoms with E-state index < -0.39 is 4.92 Å². The van der Waals surface area contributed by atoms with Gasteiger partial charge in [-0.2, -0.15) is 10.1 Å². The van der Waals surface area contributed by atoms with Crippen molar-refractivity contribution in [2.24, 2.45) is 0 Å². The molecule has 1 unspecified atom stereocenters. The van der Waals surface area contributed by atoms with Crippen molar-refractivity contribution in [3.05, 3.63) is 76.0 Å². The summed E-state index contributed by atoms with van der Waals surface area (Å²) in [5.41, 5.74) is 1.47. The summed E-state index contributed by atoms with van der Waals surface area (Å²) in [7, 11) is 0. The number of benzene rings is 1. The maximum atomic E-state index is 11.1. The molecule has 0 fully saturated rings. The van der Waals surface area contributed by atoms with Gasteiger partial charge >= 0.3 is 0 Å². The lowest BCUT2D eigenvalue weighted by Crippen LogP contribution is -2.20. The highest BCUT2D eigenvalue weighted by Gasteiger charge is 2.27. The summed E-state index contributed by atoms with van der Waals surface area (Å²) in [6.07, 6.45) is 4.24. The molecule has 8 heteroatoms. The van der Waals surface area contributed by atoms with E-state index in [-0.39, 0.29) is 11.7 Å². The summed E-state index contributed by atoms with van der Waals surface area (Å²) in [6, 6.07) is 9.89. The summed E-state index contributed by atoms with van der Waals surface area (Å²) in [6.45, 7) is 1.98. The van der Waals surface area contributed by atoms with Crippen LogP contribution in [0.15, 0.2) is 53.2 Å². The Hall–Kier alpha value is -3.42. The van der Waals surface area contributed by atoms with E-state index in [1.807, 2.05) is 31.2 Å². The molecule has 0 amide bonds. The molecule has 0 saturated carbocycles. The number of hydrogen-bond acceptors (Lipinski definition) is 6. The topological polar surface area (TPSA) is 99.0 Å². The van der Waals surface area contributed by atoms with E-state index in [0.29, 0.717) is 23.8 Å². The lowest BCUT2D eigenvalue weighted by molar-refractivity contribution is -0.384. The van der Waals surface area contributed by atoms with E-state index >= 15 is 0 Å². The number of non-ortho nitro benzene ring substituents is 1. The van der Waals surface area contributed by atoms with Crippen molar-refractivity contribution in [2.75, 3.05) is 5.32 Å². The van der Waals surface area contributed by atoms with Crippen molar-refractivity contribution < 1.29 is 9.34 Å². The van der Waals surface area contributed by atoms with Crippen LogP contribution in [0.25, 0.3) is 5.70 Å². The number of rotatable bonds is 4. The fourth-order valence-corrected chi connectivity index (χ4v) is 2.80. The van der Waals surface area contributed by atoms with Gasteiger partial charge < -0.3 is 9.73 Å². The second-order valence-electron chi connectivity index (χ2n) is 5.62. The number of aryl methyl sites for hydroxylation is 1. The van der Waals surface area contributed by atoms with Crippen LogP contribution in [0.4, 0.5) is 11.6 Å². The molecule has 0 radical (unpaired) electrons. The van der Waals surface area contributed by atoms with Crippen LogP contribution in [-0.4, -0.2) is 19.7 Å². The minimum absolute atomic E-state index is 0.0380. The first-order valence-corrected chi connectivity index (χ1v) is 7.88. The summed E-state index contributed by atoms with van der Waals surface area (Å²) < 4.78 is 7.31. The molecular weight excluding hydrogens is 322 g/mol. The van der Waals surface area contributed by atoms with Crippen LogP contribution in [0.2, 0.25) is 0 Å². The molecule has 0 saturated heterocycles. The molecule has 3 aromatic rings. The zero-order valence-corrected chi connectivity index (χ0v) is 13.4. The number of furan rings is 1. The van der Waals surface area contributed by atoms with Gasteiger partial charge in [-0.05, 0) is 18.2 Å². The van der Waals surface area contributed by atoms with Crippen molar-refractivity contribution in [1.82, 2.24) is 14.8 Å². The number of anilines is 1. The van der Waals surface area contributed by atoms with Crippen LogP contribution in [0.3, 0.4) is 0 Å². The van der Waals surface area contributed by atoms with Crippen LogP contribution in [0.5, 0.6) is 0 Å². The van der Waals surface area contributed by atoms with Crippen LogP contribution in [-0.2, 0) is 6.42 Å². The second kappa shape index (κ2) is 5.90. The van der Waals surface area contributed by atoms with E-state index in [4.69, 9.17) is 4.42 Å². The average molecular weight is 337 g/mol. The Bertz CT molecular complexity index is 959. The van der Waals surface area contributed by atoms with Gasteiger partial charge in [-0.1, -0.05) is 19.1 Å². The zero-order valence-electron chi connectivity index (χ0n) is 13.4. The van der Waals surface area contributed by atoms with Gasteiger partial charge in [0.1, 0.15) is 11.8 Å². The van der Waals surface area contributed by atoms with E-state index in [9.17, 15) is 10.1 Å². The Morgan fingerprint density at radius 2 is 2.24 bits per heavy atom. The first kappa shape index (κ1) is 15.1. The largest absolute Gasteiger partial charge is 0.467 e. The highest BCUT2D eigenvalue weighted by Crippen LogP contribution is 2.33. The third kappa shape index (κ3) is 2.67. The first-order valence-electron chi connectivity index (χ1n) is 7.88. The average Bonchev–Trinajstić information content (AvgIpc) is 3.30. The van der Waals surface area contributed by atoms with Crippen molar-refractivity contribution in [2.45, 2.75) is 19.4 Å². The highest BCUT2D eigenvalue weighted by molar-refractivity contribution is 5.77. The number of nitrogens with zero attached hydrogens (tertiary/aromatic N) is 4. The summed E-state index contributed by atoms with van der Waals surface area (Å²) in [5.74, 6) is 2.02. The van der Waals surface area contributed by atoms with Gasteiger partial charge in [0.25, 0.3) is 5.69 Å². The molecule has 0 aliphatic carbocycles. The number of allylic oxidation sites excluding steroid dienone is 1. The van der Waals surface area contributed by atoms with Gasteiger partial charge in [-0.15, -0.1) is 0 Å². The normalized spacial score (nSPS) is 16.0. The van der Waals surface area contributed by atoms with Crippen LogP contribution >= 0.6 is 0 Å². The van der Waals surface area contributed by atoms with Gasteiger partial charge in [0.2, 0.25) is 5.95 Å². The Kier molecular flexibility index (Phi) is 3.57. The fourth-order valence-electron chi connectivity index (χ4n) is 2.80. The van der Waals surface area contributed by atoms with Crippen LogP contribution in [0, 0.1) is 10.1 Å². The maximum Gasteiger partial charge on any atom is 0.270 e. The van der Waals surface area contributed by atoms with Crippen molar-refractivity contribution in [3.63, 3.8) is 0 Å². The number of nitro benzene ring substituents is 1. The predicted octanol–water partition coefficient (Wildman–Crippen LogP) is 3.40. The highest BCUT2D eigenvalue weighted by atomic mass is 16.6. The third-order valence-electron chi connectivity index (χ3n) is 4.03. The Labute approximate surface area is 142 Å². The van der Waals surface area contributed by atoms with Gasteiger partial charge in [0.05, 0.1) is 11.2 Å². The monoisotopic (exact) mass is 337 g/mol. The minimum atomic E-state index is -0.408. The molecule has 1 aromatic carbocycles. The summed E-state index contributed by atoms with van der Waals surface area (Å²) in [5, 5.41) is 18.8. The minimum Gasteiger partial charge on any atom is -0.467 e. The Balaban J connectivity index is 1.81. The Morgan fingerprint density at radius 1 is 1.36 bits per heavy atom. The molecule has 1 aliphatic rings. The van der Waals surface area contributed by atoms with Gasteiger partial charge in [-0.25, -0.2) is 4.68 Å². The smallest absolute Gasteiger partial charge is 0.270 e. The molecule has 2 aromatic heterocycles. The standard InChI is InChI=1S/C17H15N5O3/c1-2-16-19-17-18-13(11-5-3-6-12(9-11)22(23)24)10-14(21(17)20-16)15-7-4-8-25-15/h3-10,14H,2H2,1H3,(H,18,19,20). The van der Waals surface area contributed by atoms with Crippen LogP contribution in [0.1, 0.15) is 30.1 Å². The summed E-state index contributed by atoms with van der Waals surface area (Å²) in [4.78, 5) is 15.1. The van der Waals surface area contributed by atoms with Gasteiger partial charge in [-0.3, -0.25) is 10.1 Å². The van der Waals surface area contributed by atoms with Crippen LogP contribution < -0.4 is 5.32 Å². The molecule has 1 aliphatic heterocycles. The number of fused-ring (bicyclic) bond motifs is 1. The second-order valence-corrected chi connectivity index (χ2v) is 5.62. The van der Waals surface area contributed by atoms with E-state index in [2.05, 4.69) is 15.4 Å². The molecular formula is C17H15N5O3. The number of hydrogen-bond donors (Lipinski definition) is 1. The van der Waals surface area contributed by atoms with Crippen molar-refractivity contribution in [3.8, 4) is 0 Å². The van der Waals surface area contributed by atoms with Crippen molar-refractivity contribution in [1.29, 1.82) is 0 Å². The van der Waals surface area contributed by atoms with Gasteiger partial charge in [0, 0.05) is 29.8 Å². The van der Waals surface area contributed by atoms with E-state index in [1.54, 1.807) is 17.0 Å². The first-order chi connectivity index (χ1) is 12.2. The molecule has 25 heavy (non-hydrogen) atoms. The lowest BCUT2D eigenvalue weighted by atomic mass is 10.1. The number of nitrogens with one attached hydrogen (secondary N) is 1. The molecule has 8 nitrogen and oxygen atoms in total. The molecule has 1 N–H and O–H groups in total.